The van der Waals surface area contributed by atoms with Gasteiger partial charge < -0.3 is 39.4 Å². The molecule has 7 unspecified atom stereocenters. The Morgan fingerprint density at radius 3 is 2.19 bits per heavy atom. The van der Waals surface area contributed by atoms with Crippen molar-refractivity contribution < 1.29 is 53.8 Å². The van der Waals surface area contributed by atoms with Crippen molar-refractivity contribution in [3.8, 4) is 0 Å². The van der Waals surface area contributed by atoms with Crippen LogP contribution < -0.4 is 0 Å². The van der Waals surface area contributed by atoms with Gasteiger partial charge in [-0.1, -0.05) is 20.8 Å². The molecule has 6 fully saturated rings. The Balaban J connectivity index is 1.75. The Labute approximate surface area is 176 Å². The van der Waals surface area contributed by atoms with Crippen molar-refractivity contribution in [3.63, 3.8) is 0 Å². The summed E-state index contributed by atoms with van der Waals surface area (Å²) in [6.45, 7) is 6.63. The standard InChI is InChI=1S/C20H24O11/c1-5-12(24)28-11-8(22)18-10-6(21)7(16(2,3)4)17(18)9(23)13(25)30-15(17)31-20(18,14(26)29-10)19(5,11)27/h5-11,15,21-23,27H,1-4H3/t5?,6-,7?,8?,9+,10?,11+,15?,17?,18?,19-,20+/m1/s1. The molecular weight excluding hydrogens is 416 g/mol. The lowest BCUT2D eigenvalue weighted by Crippen LogP contribution is -2.67. The van der Waals surface area contributed by atoms with Gasteiger partial charge in [0.05, 0.1) is 22.9 Å². The molecule has 11 heteroatoms. The van der Waals surface area contributed by atoms with Crippen molar-refractivity contribution in [1.82, 2.24) is 0 Å². The lowest BCUT2D eigenvalue weighted by molar-refractivity contribution is -0.240. The molecule has 11 nitrogen and oxygen atoms in total. The number of carbonyl (C=O) groups excluding carboxylic acids is 3. The molecular formula is C20H24O11. The van der Waals surface area contributed by atoms with E-state index < -0.39 is 94.0 Å². The van der Waals surface area contributed by atoms with Crippen molar-refractivity contribution in [2.45, 2.75) is 75.7 Å². The third kappa shape index (κ3) is 1.43. The summed E-state index contributed by atoms with van der Waals surface area (Å²) in [5.74, 6) is -5.22. The molecule has 6 aliphatic rings. The van der Waals surface area contributed by atoms with Crippen LogP contribution >= 0.6 is 0 Å². The van der Waals surface area contributed by atoms with Gasteiger partial charge in [0.1, 0.15) is 12.2 Å². The maximum atomic E-state index is 13.4. The molecule has 0 bridgehead atoms. The van der Waals surface area contributed by atoms with Crippen molar-refractivity contribution in [1.29, 1.82) is 0 Å². The molecule has 6 rings (SSSR count). The van der Waals surface area contributed by atoms with E-state index in [2.05, 4.69) is 0 Å². The molecule has 4 aliphatic heterocycles. The average Bonchev–Trinajstić information content (AvgIpc) is 3.35. The van der Waals surface area contributed by atoms with E-state index in [1.807, 2.05) is 0 Å². The molecule has 0 aromatic heterocycles. The van der Waals surface area contributed by atoms with Gasteiger partial charge in [-0.25, -0.2) is 9.59 Å². The number of aliphatic hydroxyl groups is 4. The number of fused-ring (bicyclic) bond motifs is 1. The smallest absolute Gasteiger partial charge is 0.343 e. The second-order valence-corrected chi connectivity index (χ2v) is 10.8. The first-order valence-electron chi connectivity index (χ1n) is 10.3. The van der Waals surface area contributed by atoms with Gasteiger partial charge in [0, 0.05) is 5.92 Å². The predicted molar refractivity (Wildman–Crippen MR) is 93.4 cm³/mol. The Morgan fingerprint density at radius 1 is 0.935 bits per heavy atom. The molecule has 31 heavy (non-hydrogen) atoms. The minimum absolute atomic E-state index is 0.792. The number of hydrogen-bond acceptors (Lipinski definition) is 11. The summed E-state index contributed by atoms with van der Waals surface area (Å²) in [7, 11) is 0. The van der Waals surface area contributed by atoms with E-state index in [9.17, 15) is 34.8 Å². The quantitative estimate of drug-likeness (QED) is 0.234. The molecule has 0 amide bonds. The number of hydrogen-bond donors (Lipinski definition) is 4. The molecule has 0 aromatic rings. The Kier molecular flexibility index (Phi) is 3.15. The van der Waals surface area contributed by atoms with Crippen LogP contribution in [0.5, 0.6) is 0 Å². The number of aliphatic hydroxyl groups excluding tert-OH is 3. The van der Waals surface area contributed by atoms with E-state index in [0.29, 0.717) is 0 Å². The summed E-state index contributed by atoms with van der Waals surface area (Å²) in [4.78, 5) is 38.3. The highest BCUT2D eigenvalue weighted by Crippen LogP contribution is 2.84. The van der Waals surface area contributed by atoms with Crippen LogP contribution in [0.15, 0.2) is 0 Å². The predicted octanol–water partition coefficient (Wildman–Crippen LogP) is -2.40. The fourth-order valence-corrected chi connectivity index (χ4v) is 8.27. The van der Waals surface area contributed by atoms with E-state index in [4.69, 9.17) is 18.9 Å². The number of rotatable bonds is 0. The maximum absolute atomic E-state index is 13.4. The van der Waals surface area contributed by atoms with Gasteiger partial charge in [0.25, 0.3) is 0 Å². The summed E-state index contributed by atoms with van der Waals surface area (Å²) >= 11 is 0. The summed E-state index contributed by atoms with van der Waals surface area (Å²) in [5.41, 5.74) is -9.40. The molecule has 0 aromatic carbocycles. The third-order valence-corrected chi connectivity index (χ3v) is 8.95. The number of esters is 3. The molecule has 2 aliphatic carbocycles. The largest absolute Gasteiger partial charge is 0.456 e. The monoisotopic (exact) mass is 440 g/mol. The van der Waals surface area contributed by atoms with E-state index >= 15 is 0 Å². The molecule has 2 spiro atoms. The molecule has 12 atom stereocenters. The number of carbonyl (C=O) groups is 3. The van der Waals surface area contributed by atoms with Gasteiger partial charge in [-0.05, 0) is 12.3 Å². The first-order valence-corrected chi connectivity index (χ1v) is 10.3. The van der Waals surface area contributed by atoms with Gasteiger partial charge in [-0.15, -0.1) is 0 Å². The fourth-order valence-electron chi connectivity index (χ4n) is 8.27. The highest BCUT2D eigenvalue weighted by atomic mass is 16.8. The SMILES string of the molecule is CC1C(=O)O[C@H]2C(O)C34C5OC(=O)[C@@]3(OC3OC(=O)[C@H](O)C34C(C(C)(C)C)[C@H]5O)[C@@]12O. The van der Waals surface area contributed by atoms with Gasteiger partial charge in [0.2, 0.25) is 11.9 Å². The Hall–Kier alpha value is -1.79. The van der Waals surface area contributed by atoms with Crippen LogP contribution in [0.2, 0.25) is 0 Å². The number of ether oxygens (including phenoxy) is 4. The summed E-state index contributed by atoms with van der Waals surface area (Å²) in [6, 6.07) is 0. The van der Waals surface area contributed by atoms with Gasteiger partial charge in [-0.3, -0.25) is 4.79 Å². The van der Waals surface area contributed by atoms with Crippen LogP contribution in [-0.4, -0.2) is 86.3 Å². The van der Waals surface area contributed by atoms with Crippen molar-refractivity contribution in [2.75, 3.05) is 0 Å². The Morgan fingerprint density at radius 2 is 1.58 bits per heavy atom. The van der Waals surface area contributed by atoms with Crippen LogP contribution in [0, 0.1) is 28.1 Å². The second kappa shape index (κ2) is 4.91. The van der Waals surface area contributed by atoms with E-state index in [0.717, 1.165) is 0 Å². The van der Waals surface area contributed by atoms with Crippen LogP contribution in [-0.2, 0) is 33.3 Å². The summed E-state index contributed by atoms with van der Waals surface area (Å²) in [6.07, 6.45) is -9.69. The van der Waals surface area contributed by atoms with Crippen molar-refractivity contribution in [2.24, 2.45) is 28.1 Å². The molecule has 4 heterocycles. The molecule has 170 valence electrons. The summed E-state index contributed by atoms with van der Waals surface area (Å²) in [5, 5.41) is 46.1. The zero-order chi connectivity index (χ0) is 22.7. The zero-order valence-corrected chi connectivity index (χ0v) is 17.3. The maximum Gasteiger partial charge on any atom is 0.343 e. The van der Waals surface area contributed by atoms with Gasteiger partial charge in [0.15, 0.2) is 17.8 Å². The average molecular weight is 440 g/mol. The topological polar surface area (TPSA) is 169 Å². The van der Waals surface area contributed by atoms with E-state index in [-0.39, 0.29) is 0 Å². The van der Waals surface area contributed by atoms with Crippen LogP contribution in [0.1, 0.15) is 27.7 Å². The van der Waals surface area contributed by atoms with Crippen LogP contribution in [0.25, 0.3) is 0 Å². The second-order valence-electron chi connectivity index (χ2n) is 10.8. The lowest BCUT2D eigenvalue weighted by atomic mass is 9.51. The zero-order valence-electron chi connectivity index (χ0n) is 17.3. The molecule has 0 radical (unpaired) electrons. The minimum Gasteiger partial charge on any atom is -0.456 e. The summed E-state index contributed by atoms with van der Waals surface area (Å²) < 4.78 is 22.2. The van der Waals surface area contributed by atoms with Crippen molar-refractivity contribution >= 4 is 17.9 Å². The lowest BCUT2D eigenvalue weighted by Gasteiger charge is -2.47. The molecule has 4 saturated heterocycles. The van der Waals surface area contributed by atoms with E-state index in [1.54, 1.807) is 20.8 Å². The molecule has 4 N–H and O–H groups in total. The molecule has 2 saturated carbocycles. The third-order valence-electron chi connectivity index (χ3n) is 8.95. The van der Waals surface area contributed by atoms with Crippen LogP contribution in [0.3, 0.4) is 0 Å². The normalized spacial score (nSPS) is 61.0. The van der Waals surface area contributed by atoms with Crippen LogP contribution in [0.4, 0.5) is 0 Å². The highest BCUT2D eigenvalue weighted by molar-refractivity contribution is 5.94. The van der Waals surface area contributed by atoms with E-state index in [1.165, 1.54) is 6.92 Å². The first kappa shape index (κ1) is 19.9. The Bertz CT molecular complexity index is 957. The minimum atomic E-state index is -2.40. The highest BCUT2D eigenvalue weighted by Gasteiger charge is 3.05. The van der Waals surface area contributed by atoms with Crippen molar-refractivity contribution in [3.05, 3.63) is 0 Å². The fraction of sp³-hybridized carbons (Fsp3) is 0.850. The van der Waals surface area contributed by atoms with Gasteiger partial charge >= 0.3 is 17.9 Å². The van der Waals surface area contributed by atoms with Gasteiger partial charge in [-0.2, -0.15) is 0 Å². The first-order chi connectivity index (χ1) is 14.3.